The van der Waals surface area contributed by atoms with Crippen molar-refractivity contribution in [3.8, 4) is 0 Å². The van der Waals surface area contributed by atoms with E-state index in [0.717, 1.165) is 5.56 Å². The molecule has 0 heterocycles. The Bertz CT molecular complexity index is 586. The van der Waals surface area contributed by atoms with Crippen LogP contribution in [0.5, 0.6) is 0 Å². The van der Waals surface area contributed by atoms with Crippen molar-refractivity contribution >= 4 is 33.3 Å². The average molecular weight is 320 g/mol. The highest BCUT2D eigenvalue weighted by atomic mass is 35.5. The smallest absolute Gasteiger partial charge is 0.337 e. The van der Waals surface area contributed by atoms with Gasteiger partial charge in [0.25, 0.3) is 0 Å². The van der Waals surface area contributed by atoms with Gasteiger partial charge in [-0.1, -0.05) is 13.0 Å². The van der Waals surface area contributed by atoms with Crippen molar-refractivity contribution in [2.24, 2.45) is 5.92 Å². The third-order valence-electron chi connectivity index (χ3n) is 2.69. The van der Waals surface area contributed by atoms with Crippen LogP contribution in [-0.4, -0.2) is 33.1 Å². The third-order valence-corrected chi connectivity index (χ3v) is 4.76. The van der Waals surface area contributed by atoms with Crippen LogP contribution >= 0.6 is 11.6 Å². The first kappa shape index (κ1) is 16.8. The molecule has 0 bridgehead atoms. The van der Waals surface area contributed by atoms with Gasteiger partial charge in [0.1, 0.15) is 0 Å². The van der Waals surface area contributed by atoms with Gasteiger partial charge in [-0.15, -0.1) is 11.6 Å². The molecule has 1 atom stereocenters. The lowest BCUT2D eigenvalue weighted by Gasteiger charge is -2.13. The second kappa shape index (κ2) is 6.95. The number of hydrogen-bond donors (Lipinski definition) is 1. The maximum Gasteiger partial charge on any atom is 0.337 e. The summed E-state index contributed by atoms with van der Waals surface area (Å²) >= 11 is 5.62. The summed E-state index contributed by atoms with van der Waals surface area (Å²) in [6, 6.07) is 4.71. The summed E-state index contributed by atoms with van der Waals surface area (Å²) in [4.78, 5) is 11.4. The summed E-state index contributed by atoms with van der Waals surface area (Å²) in [5, 5.41) is 0. The van der Waals surface area contributed by atoms with Crippen molar-refractivity contribution in [3.63, 3.8) is 0 Å². The normalized spacial score (nSPS) is 12.8. The number of hydrogen-bond acceptors (Lipinski definition) is 4. The average Bonchev–Trinajstić information content (AvgIpc) is 2.39. The number of methoxy groups -OCH3 is 1. The van der Waals surface area contributed by atoms with E-state index in [0.29, 0.717) is 11.3 Å². The molecule has 1 aromatic carbocycles. The van der Waals surface area contributed by atoms with E-state index in [9.17, 15) is 13.2 Å². The number of nitrogens with one attached hydrogen (secondary N) is 1. The van der Waals surface area contributed by atoms with E-state index in [2.05, 4.69) is 9.46 Å². The molecule has 20 heavy (non-hydrogen) atoms. The summed E-state index contributed by atoms with van der Waals surface area (Å²) in [6.07, 6.45) is 0. The lowest BCUT2D eigenvalue weighted by atomic mass is 10.1. The predicted molar refractivity (Wildman–Crippen MR) is 79.8 cm³/mol. The summed E-state index contributed by atoms with van der Waals surface area (Å²) < 4.78 is 31.1. The number of esters is 1. The van der Waals surface area contributed by atoms with Crippen LogP contribution in [0.4, 0.5) is 5.69 Å². The van der Waals surface area contributed by atoms with Crippen LogP contribution in [0.2, 0.25) is 0 Å². The SMILES string of the molecule is COC(=O)c1ccc(C)c(NS(=O)(=O)CC(C)CCl)c1. The van der Waals surface area contributed by atoms with E-state index in [4.69, 9.17) is 11.6 Å². The summed E-state index contributed by atoms with van der Waals surface area (Å²) in [7, 11) is -2.23. The monoisotopic (exact) mass is 319 g/mol. The van der Waals surface area contributed by atoms with Crippen LogP contribution < -0.4 is 4.72 Å². The van der Waals surface area contributed by atoms with Gasteiger partial charge >= 0.3 is 5.97 Å². The van der Waals surface area contributed by atoms with Crippen LogP contribution in [0.25, 0.3) is 0 Å². The lowest BCUT2D eigenvalue weighted by molar-refractivity contribution is 0.0601. The van der Waals surface area contributed by atoms with Crippen molar-refractivity contribution in [1.82, 2.24) is 0 Å². The molecular formula is C13H18ClNO4S. The van der Waals surface area contributed by atoms with Crippen LogP contribution in [0.1, 0.15) is 22.8 Å². The fourth-order valence-electron chi connectivity index (χ4n) is 1.61. The van der Waals surface area contributed by atoms with Gasteiger partial charge in [-0.2, -0.15) is 0 Å². The number of carbonyl (C=O) groups is 1. The summed E-state index contributed by atoms with van der Waals surface area (Å²) in [5.41, 5.74) is 1.38. The first-order chi connectivity index (χ1) is 9.29. The number of rotatable bonds is 6. The van der Waals surface area contributed by atoms with Crippen molar-refractivity contribution in [1.29, 1.82) is 0 Å². The zero-order valence-corrected chi connectivity index (χ0v) is 13.2. The van der Waals surface area contributed by atoms with E-state index < -0.39 is 16.0 Å². The Balaban J connectivity index is 2.99. The minimum atomic E-state index is -3.50. The number of halogens is 1. The number of anilines is 1. The minimum Gasteiger partial charge on any atom is -0.465 e. The van der Waals surface area contributed by atoms with E-state index in [1.54, 1.807) is 26.0 Å². The molecule has 0 aliphatic rings. The summed E-state index contributed by atoms with van der Waals surface area (Å²) in [5.74, 6) is -0.474. The highest BCUT2D eigenvalue weighted by Crippen LogP contribution is 2.19. The largest absolute Gasteiger partial charge is 0.465 e. The molecule has 1 aromatic rings. The predicted octanol–water partition coefficient (Wildman–Crippen LogP) is 2.40. The number of alkyl halides is 1. The Morgan fingerprint density at radius 2 is 2.10 bits per heavy atom. The van der Waals surface area contributed by atoms with Gasteiger partial charge < -0.3 is 4.74 Å². The molecule has 0 saturated heterocycles. The molecule has 1 rings (SSSR count). The van der Waals surface area contributed by atoms with Gasteiger partial charge in [0.2, 0.25) is 10.0 Å². The van der Waals surface area contributed by atoms with Crippen LogP contribution in [0.15, 0.2) is 18.2 Å². The van der Waals surface area contributed by atoms with Gasteiger partial charge in [0, 0.05) is 5.88 Å². The highest BCUT2D eigenvalue weighted by molar-refractivity contribution is 7.92. The fourth-order valence-corrected chi connectivity index (χ4v) is 3.35. The Morgan fingerprint density at radius 3 is 2.65 bits per heavy atom. The van der Waals surface area contributed by atoms with Crippen molar-refractivity contribution in [2.45, 2.75) is 13.8 Å². The highest BCUT2D eigenvalue weighted by Gasteiger charge is 2.17. The molecule has 0 radical (unpaired) electrons. The summed E-state index contributed by atoms with van der Waals surface area (Å²) in [6.45, 7) is 3.51. The fraction of sp³-hybridized carbons (Fsp3) is 0.462. The van der Waals surface area contributed by atoms with Crippen molar-refractivity contribution < 1.29 is 17.9 Å². The number of sulfonamides is 1. The molecule has 0 aromatic heterocycles. The second-order valence-corrected chi connectivity index (χ2v) is 6.74. The molecular weight excluding hydrogens is 302 g/mol. The molecule has 7 heteroatoms. The molecule has 0 saturated carbocycles. The Morgan fingerprint density at radius 1 is 1.45 bits per heavy atom. The molecule has 0 amide bonds. The second-order valence-electron chi connectivity index (χ2n) is 4.66. The Hall–Kier alpha value is -1.27. The maximum atomic E-state index is 12.0. The van der Waals surface area contributed by atoms with Crippen molar-refractivity contribution in [3.05, 3.63) is 29.3 Å². The zero-order valence-electron chi connectivity index (χ0n) is 11.6. The Labute approximate surface area is 124 Å². The topological polar surface area (TPSA) is 72.5 Å². The first-order valence-electron chi connectivity index (χ1n) is 6.04. The number of carbonyl (C=O) groups excluding carboxylic acids is 1. The molecule has 0 aliphatic heterocycles. The van der Waals surface area contributed by atoms with Gasteiger partial charge in [-0.05, 0) is 30.5 Å². The molecule has 1 N–H and O–H groups in total. The van der Waals surface area contributed by atoms with Crippen LogP contribution in [0.3, 0.4) is 0 Å². The quantitative estimate of drug-likeness (QED) is 0.645. The number of aryl methyl sites for hydroxylation is 1. The molecule has 0 fully saturated rings. The van der Waals surface area contributed by atoms with E-state index in [-0.39, 0.29) is 17.6 Å². The van der Waals surface area contributed by atoms with Crippen molar-refractivity contribution in [2.75, 3.05) is 23.5 Å². The first-order valence-corrected chi connectivity index (χ1v) is 8.23. The zero-order chi connectivity index (χ0) is 15.3. The molecule has 1 unspecified atom stereocenters. The van der Waals surface area contributed by atoms with Crippen LogP contribution in [0, 0.1) is 12.8 Å². The van der Waals surface area contributed by atoms with E-state index in [1.807, 2.05) is 0 Å². The van der Waals surface area contributed by atoms with E-state index in [1.165, 1.54) is 13.2 Å². The van der Waals surface area contributed by atoms with E-state index >= 15 is 0 Å². The Kier molecular flexibility index (Phi) is 5.83. The molecule has 112 valence electrons. The van der Waals surface area contributed by atoms with Crippen LogP contribution in [-0.2, 0) is 14.8 Å². The standard InChI is InChI=1S/C13H18ClNO4S/c1-9(7-14)8-20(17,18)15-12-6-11(13(16)19-3)5-4-10(12)2/h4-6,9,15H,7-8H2,1-3H3. The third kappa shape index (κ3) is 4.68. The molecule has 5 nitrogen and oxygen atoms in total. The van der Waals surface area contributed by atoms with Gasteiger partial charge in [0.15, 0.2) is 0 Å². The maximum absolute atomic E-state index is 12.0. The number of ether oxygens (including phenoxy) is 1. The molecule has 0 spiro atoms. The van der Waals surface area contributed by atoms with Gasteiger partial charge in [-0.3, -0.25) is 4.72 Å². The molecule has 0 aliphatic carbocycles. The number of benzene rings is 1. The minimum absolute atomic E-state index is 0.0710. The van der Waals surface area contributed by atoms with Gasteiger partial charge in [-0.25, -0.2) is 13.2 Å². The lowest BCUT2D eigenvalue weighted by Crippen LogP contribution is -2.22. The van der Waals surface area contributed by atoms with Gasteiger partial charge in [0.05, 0.1) is 24.1 Å².